The molecular formula is C11H15ClO3. The van der Waals surface area contributed by atoms with Gasteiger partial charge in [-0.05, 0) is 24.6 Å². The number of aliphatic hydroxyl groups is 1. The maximum atomic E-state index is 9.47. The van der Waals surface area contributed by atoms with Gasteiger partial charge in [-0.2, -0.15) is 0 Å². The Labute approximate surface area is 94.6 Å². The van der Waals surface area contributed by atoms with Crippen molar-refractivity contribution in [3.05, 3.63) is 29.3 Å². The number of aliphatic hydroxyl groups excluding tert-OH is 1. The molecule has 0 saturated carbocycles. The largest absolute Gasteiger partial charge is 0.491 e. The molecule has 1 rings (SSSR count). The number of hydrogen-bond acceptors (Lipinski definition) is 3. The van der Waals surface area contributed by atoms with Crippen LogP contribution in [0.5, 0.6) is 5.75 Å². The Morgan fingerprint density at radius 1 is 1.47 bits per heavy atom. The van der Waals surface area contributed by atoms with E-state index in [0.29, 0.717) is 23.8 Å². The van der Waals surface area contributed by atoms with E-state index in [4.69, 9.17) is 21.1 Å². The third kappa shape index (κ3) is 5.02. The number of ether oxygens (including phenoxy) is 2. The number of methoxy groups -OCH3 is 1. The van der Waals surface area contributed by atoms with Crippen molar-refractivity contribution in [2.75, 3.05) is 20.3 Å². The van der Waals surface area contributed by atoms with Crippen LogP contribution < -0.4 is 4.74 Å². The van der Waals surface area contributed by atoms with Crippen LogP contribution in [0.4, 0.5) is 0 Å². The van der Waals surface area contributed by atoms with Crippen LogP contribution in [-0.4, -0.2) is 31.5 Å². The molecule has 1 N–H and O–H groups in total. The molecule has 1 atom stereocenters. The fourth-order valence-corrected chi connectivity index (χ4v) is 1.27. The van der Waals surface area contributed by atoms with Gasteiger partial charge in [-0.3, -0.25) is 0 Å². The Morgan fingerprint density at radius 2 is 2.27 bits per heavy atom. The van der Waals surface area contributed by atoms with Crippen LogP contribution in [0.15, 0.2) is 24.3 Å². The Morgan fingerprint density at radius 3 is 2.93 bits per heavy atom. The topological polar surface area (TPSA) is 38.7 Å². The first-order valence-electron chi connectivity index (χ1n) is 4.77. The first-order chi connectivity index (χ1) is 7.22. The average molecular weight is 231 g/mol. The van der Waals surface area contributed by atoms with E-state index < -0.39 is 6.10 Å². The second-order valence-corrected chi connectivity index (χ2v) is 3.64. The van der Waals surface area contributed by atoms with E-state index >= 15 is 0 Å². The number of benzene rings is 1. The minimum atomic E-state index is -0.510. The van der Waals surface area contributed by atoms with Crippen LogP contribution in [0.3, 0.4) is 0 Å². The molecular weight excluding hydrogens is 216 g/mol. The highest BCUT2D eigenvalue weighted by molar-refractivity contribution is 6.30. The summed E-state index contributed by atoms with van der Waals surface area (Å²) in [6, 6.07) is 7.09. The second kappa shape index (κ2) is 6.67. The van der Waals surface area contributed by atoms with Crippen LogP contribution in [0.1, 0.15) is 6.42 Å². The number of hydrogen-bond donors (Lipinski definition) is 1. The fraction of sp³-hybridized carbons (Fsp3) is 0.455. The minimum Gasteiger partial charge on any atom is -0.491 e. The fourth-order valence-electron chi connectivity index (χ4n) is 1.09. The van der Waals surface area contributed by atoms with Gasteiger partial charge in [0.2, 0.25) is 0 Å². The van der Waals surface area contributed by atoms with Crippen LogP contribution in [0.2, 0.25) is 5.02 Å². The van der Waals surface area contributed by atoms with Crippen molar-refractivity contribution < 1.29 is 14.6 Å². The Kier molecular flexibility index (Phi) is 5.47. The van der Waals surface area contributed by atoms with Crippen LogP contribution in [0.25, 0.3) is 0 Å². The van der Waals surface area contributed by atoms with Crippen molar-refractivity contribution in [3.63, 3.8) is 0 Å². The SMILES string of the molecule is COCCC(O)COc1cccc(Cl)c1. The third-order valence-electron chi connectivity index (χ3n) is 1.89. The normalized spacial score (nSPS) is 12.5. The molecule has 4 heteroatoms. The van der Waals surface area contributed by atoms with Crippen molar-refractivity contribution in [1.29, 1.82) is 0 Å². The maximum absolute atomic E-state index is 9.47. The molecule has 1 aromatic carbocycles. The standard InChI is InChI=1S/C11H15ClO3/c1-14-6-5-10(13)8-15-11-4-2-3-9(12)7-11/h2-4,7,10,13H,5-6,8H2,1H3. The molecule has 0 bridgehead atoms. The van der Waals surface area contributed by atoms with Gasteiger partial charge in [-0.1, -0.05) is 17.7 Å². The predicted molar refractivity (Wildman–Crippen MR) is 59.4 cm³/mol. The zero-order chi connectivity index (χ0) is 11.1. The molecule has 0 amide bonds. The van der Waals surface area contributed by atoms with Gasteiger partial charge in [0, 0.05) is 18.7 Å². The van der Waals surface area contributed by atoms with E-state index in [-0.39, 0.29) is 6.61 Å². The summed E-state index contributed by atoms with van der Waals surface area (Å²) in [5.41, 5.74) is 0. The summed E-state index contributed by atoms with van der Waals surface area (Å²) in [5.74, 6) is 0.666. The Bertz CT molecular complexity index is 291. The van der Waals surface area contributed by atoms with Crippen molar-refractivity contribution in [3.8, 4) is 5.75 Å². The lowest BCUT2D eigenvalue weighted by Gasteiger charge is -2.11. The molecule has 84 valence electrons. The molecule has 0 fully saturated rings. The predicted octanol–water partition coefficient (Wildman–Crippen LogP) is 2.12. The number of halogens is 1. The van der Waals surface area contributed by atoms with E-state index in [0.717, 1.165) is 0 Å². The molecule has 0 heterocycles. The highest BCUT2D eigenvalue weighted by Gasteiger charge is 2.04. The lowest BCUT2D eigenvalue weighted by Crippen LogP contribution is -2.19. The molecule has 1 aromatic rings. The highest BCUT2D eigenvalue weighted by atomic mass is 35.5. The van der Waals surface area contributed by atoms with E-state index in [1.807, 2.05) is 0 Å². The van der Waals surface area contributed by atoms with Crippen molar-refractivity contribution >= 4 is 11.6 Å². The molecule has 1 unspecified atom stereocenters. The van der Waals surface area contributed by atoms with E-state index in [1.54, 1.807) is 31.4 Å². The number of rotatable bonds is 6. The summed E-state index contributed by atoms with van der Waals surface area (Å²) in [4.78, 5) is 0. The minimum absolute atomic E-state index is 0.254. The van der Waals surface area contributed by atoms with Crippen molar-refractivity contribution in [2.24, 2.45) is 0 Å². The van der Waals surface area contributed by atoms with Crippen molar-refractivity contribution in [2.45, 2.75) is 12.5 Å². The van der Waals surface area contributed by atoms with Crippen molar-refractivity contribution in [1.82, 2.24) is 0 Å². The monoisotopic (exact) mass is 230 g/mol. The smallest absolute Gasteiger partial charge is 0.120 e. The van der Waals surface area contributed by atoms with Gasteiger partial charge < -0.3 is 14.6 Å². The molecule has 0 aliphatic heterocycles. The third-order valence-corrected chi connectivity index (χ3v) is 2.13. The van der Waals surface area contributed by atoms with Crippen LogP contribution in [0, 0.1) is 0 Å². The lowest BCUT2D eigenvalue weighted by atomic mass is 10.3. The zero-order valence-corrected chi connectivity index (χ0v) is 9.41. The van der Waals surface area contributed by atoms with E-state index in [2.05, 4.69) is 0 Å². The summed E-state index contributed by atoms with van der Waals surface area (Å²) in [7, 11) is 1.60. The summed E-state index contributed by atoms with van der Waals surface area (Å²) in [5, 5.41) is 10.1. The maximum Gasteiger partial charge on any atom is 0.120 e. The molecule has 0 saturated heterocycles. The lowest BCUT2D eigenvalue weighted by molar-refractivity contribution is 0.0706. The molecule has 3 nitrogen and oxygen atoms in total. The summed E-state index contributed by atoms with van der Waals surface area (Å²) in [6.07, 6.45) is 0.0563. The Balaban J connectivity index is 2.30. The second-order valence-electron chi connectivity index (χ2n) is 3.20. The molecule has 0 aliphatic carbocycles. The quantitative estimate of drug-likeness (QED) is 0.814. The molecule has 0 aromatic heterocycles. The van der Waals surface area contributed by atoms with Gasteiger partial charge in [0.25, 0.3) is 0 Å². The zero-order valence-electron chi connectivity index (χ0n) is 8.65. The molecule has 0 radical (unpaired) electrons. The highest BCUT2D eigenvalue weighted by Crippen LogP contribution is 2.17. The van der Waals surface area contributed by atoms with Gasteiger partial charge in [0.15, 0.2) is 0 Å². The van der Waals surface area contributed by atoms with Gasteiger partial charge in [-0.25, -0.2) is 0 Å². The van der Waals surface area contributed by atoms with Gasteiger partial charge >= 0.3 is 0 Å². The first kappa shape index (κ1) is 12.3. The van der Waals surface area contributed by atoms with E-state index in [1.165, 1.54) is 0 Å². The van der Waals surface area contributed by atoms with Gasteiger partial charge in [0.1, 0.15) is 12.4 Å². The van der Waals surface area contributed by atoms with E-state index in [9.17, 15) is 5.11 Å². The average Bonchev–Trinajstić information content (AvgIpc) is 2.23. The van der Waals surface area contributed by atoms with Gasteiger partial charge in [-0.15, -0.1) is 0 Å². The molecule has 0 spiro atoms. The summed E-state index contributed by atoms with van der Waals surface area (Å²) >= 11 is 5.78. The first-order valence-corrected chi connectivity index (χ1v) is 5.15. The Hall–Kier alpha value is -0.770. The molecule has 0 aliphatic rings. The summed E-state index contributed by atoms with van der Waals surface area (Å²) in [6.45, 7) is 0.782. The van der Waals surface area contributed by atoms with Crippen LogP contribution >= 0.6 is 11.6 Å². The molecule has 15 heavy (non-hydrogen) atoms. The van der Waals surface area contributed by atoms with Gasteiger partial charge in [0.05, 0.1) is 6.10 Å². The summed E-state index contributed by atoms with van der Waals surface area (Å²) < 4.78 is 10.2. The van der Waals surface area contributed by atoms with Crippen LogP contribution in [-0.2, 0) is 4.74 Å².